The Balaban J connectivity index is 2.15. The van der Waals surface area contributed by atoms with Gasteiger partial charge in [-0.1, -0.05) is 31.8 Å². The molecule has 0 unspecified atom stereocenters. The first-order valence-corrected chi connectivity index (χ1v) is 5.96. The number of hydrogen-bond donors (Lipinski definition) is 1. The minimum absolute atomic E-state index is 0.556. The number of hydrogen-bond acceptors (Lipinski definition) is 3. The minimum Gasteiger partial charge on any atom is -0.381 e. The zero-order chi connectivity index (χ0) is 10.8. The van der Waals surface area contributed by atoms with Gasteiger partial charge in [0.2, 0.25) is 0 Å². The van der Waals surface area contributed by atoms with E-state index in [4.69, 9.17) is 10.3 Å². The van der Waals surface area contributed by atoms with E-state index < -0.39 is 0 Å². The van der Waals surface area contributed by atoms with E-state index in [9.17, 15) is 0 Å². The Morgan fingerprint density at radius 1 is 1.33 bits per heavy atom. The fraction of sp³-hybridized carbons (Fsp3) is 0.750. The summed E-state index contributed by atoms with van der Waals surface area (Å²) in [7, 11) is 0. The number of nitrogens with zero attached hydrogens (tertiary/aromatic N) is 1. The van der Waals surface area contributed by atoms with Crippen LogP contribution in [0.2, 0.25) is 0 Å². The van der Waals surface area contributed by atoms with Crippen molar-refractivity contribution in [2.75, 3.05) is 5.73 Å². The van der Waals surface area contributed by atoms with Crippen LogP contribution in [0.4, 0.5) is 5.82 Å². The van der Waals surface area contributed by atoms with Crippen molar-refractivity contribution in [2.45, 2.75) is 51.9 Å². The molecular weight excluding hydrogens is 188 g/mol. The van der Waals surface area contributed by atoms with Crippen LogP contribution in [0, 0.1) is 5.92 Å². The molecule has 1 aromatic heterocycles. The standard InChI is InChI=1S/C12H20N2O/c1-3-10-11(15-14-12(10)13)9-6-4-8(2)5-7-9/h8-9H,3-7H2,1-2H3,(H2,13,14). The van der Waals surface area contributed by atoms with Crippen LogP contribution in [0.5, 0.6) is 0 Å². The van der Waals surface area contributed by atoms with Crippen LogP contribution in [0.25, 0.3) is 0 Å². The molecule has 0 bridgehead atoms. The molecule has 0 aromatic carbocycles. The lowest BCUT2D eigenvalue weighted by atomic mass is 9.81. The summed E-state index contributed by atoms with van der Waals surface area (Å²) < 4.78 is 5.39. The van der Waals surface area contributed by atoms with E-state index in [2.05, 4.69) is 19.0 Å². The van der Waals surface area contributed by atoms with E-state index in [1.807, 2.05) is 0 Å². The summed E-state index contributed by atoms with van der Waals surface area (Å²) in [5.74, 6) is 3.07. The van der Waals surface area contributed by atoms with Crippen molar-refractivity contribution in [2.24, 2.45) is 5.92 Å². The summed E-state index contributed by atoms with van der Waals surface area (Å²) in [4.78, 5) is 0. The summed E-state index contributed by atoms with van der Waals surface area (Å²) in [6.07, 6.45) is 5.98. The van der Waals surface area contributed by atoms with Crippen molar-refractivity contribution in [1.29, 1.82) is 0 Å². The molecule has 0 saturated heterocycles. The molecule has 2 rings (SSSR count). The third kappa shape index (κ3) is 2.01. The third-order valence-corrected chi connectivity index (χ3v) is 3.59. The van der Waals surface area contributed by atoms with Gasteiger partial charge in [0.15, 0.2) is 5.82 Å². The number of aromatic nitrogens is 1. The number of rotatable bonds is 2. The molecule has 84 valence electrons. The van der Waals surface area contributed by atoms with Crippen molar-refractivity contribution in [1.82, 2.24) is 5.16 Å². The van der Waals surface area contributed by atoms with Gasteiger partial charge < -0.3 is 10.3 Å². The molecule has 2 N–H and O–H groups in total. The lowest BCUT2D eigenvalue weighted by molar-refractivity contribution is 0.286. The van der Waals surface area contributed by atoms with E-state index in [0.717, 1.165) is 23.7 Å². The summed E-state index contributed by atoms with van der Waals surface area (Å²) >= 11 is 0. The quantitative estimate of drug-likeness (QED) is 0.812. The van der Waals surface area contributed by atoms with Crippen LogP contribution in [0.15, 0.2) is 4.52 Å². The van der Waals surface area contributed by atoms with E-state index >= 15 is 0 Å². The molecule has 1 aliphatic carbocycles. The maximum atomic E-state index is 5.78. The molecule has 0 spiro atoms. The van der Waals surface area contributed by atoms with Crippen molar-refractivity contribution in [3.63, 3.8) is 0 Å². The van der Waals surface area contributed by atoms with E-state index in [-0.39, 0.29) is 0 Å². The minimum atomic E-state index is 0.556. The number of anilines is 1. The summed E-state index contributed by atoms with van der Waals surface area (Å²) in [6.45, 7) is 4.43. The van der Waals surface area contributed by atoms with E-state index in [0.29, 0.717) is 11.7 Å². The average Bonchev–Trinajstić information content (AvgIpc) is 2.61. The Morgan fingerprint density at radius 2 is 2.00 bits per heavy atom. The summed E-state index contributed by atoms with van der Waals surface area (Å²) in [6, 6.07) is 0. The van der Waals surface area contributed by atoms with Crippen LogP contribution < -0.4 is 5.73 Å². The largest absolute Gasteiger partial charge is 0.381 e. The summed E-state index contributed by atoms with van der Waals surface area (Å²) in [5.41, 5.74) is 6.91. The van der Waals surface area contributed by atoms with Gasteiger partial charge in [0, 0.05) is 11.5 Å². The Labute approximate surface area is 91.0 Å². The molecule has 0 radical (unpaired) electrons. The predicted octanol–water partition coefficient (Wildman–Crippen LogP) is 3.11. The monoisotopic (exact) mass is 208 g/mol. The van der Waals surface area contributed by atoms with Gasteiger partial charge >= 0.3 is 0 Å². The zero-order valence-corrected chi connectivity index (χ0v) is 9.62. The Morgan fingerprint density at radius 3 is 2.60 bits per heavy atom. The number of nitrogens with two attached hydrogens (primary N) is 1. The highest BCUT2D eigenvalue weighted by Crippen LogP contribution is 2.38. The fourth-order valence-electron chi connectivity index (χ4n) is 2.53. The van der Waals surface area contributed by atoms with E-state index in [1.165, 1.54) is 25.7 Å². The Hall–Kier alpha value is -0.990. The fourth-order valence-corrected chi connectivity index (χ4v) is 2.53. The molecule has 1 heterocycles. The van der Waals surface area contributed by atoms with Crippen LogP contribution >= 0.6 is 0 Å². The van der Waals surface area contributed by atoms with Gasteiger partial charge in [-0.25, -0.2) is 0 Å². The second-order valence-electron chi connectivity index (χ2n) is 4.72. The van der Waals surface area contributed by atoms with Gasteiger partial charge in [-0.3, -0.25) is 0 Å². The molecule has 3 heteroatoms. The molecule has 1 saturated carbocycles. The molecular formula is C12H20N2O. The molecule has 1 aromatic rings. The van der Waals surface area contributed by atoms with Gasteiger partial charge in [-0.15, -0.1) is 0 Å². The topological polar surface area (TPSA) is 52.0 Å². The van der Waals surface area contributed by atoms with Gasteiger partial charge in [-0.05, 0) is 25.2 Å². The second kappa shape index (κ2) is 4.25. The lowest BCUT2D eigenvalue weighted by Gasteiger charge is -2.24. The van der Waals surface area contributed by atoms with Gasteiger partial charge in [-0.2, -0.15) is 0 Å². The smallest absolute Gasteiger partial charge is 0.170 e. The van der Waals surface area contributed by atoms with Crippen LogP contribution in [-0.2, 0) is 6.42 Å². The second-order valence-corrected chi connectivity index (χ2v) is 4.72. The maximum absolute atomic E-state index is 5.78. The number of nitrogen functional groups attached to an aromatic ring is 1. The first-order valence-electron chi connectivity index (χ1n) is 5.96. The molecule has 0 atom stereocenters. The van der Waals surface area contributed by atoms with Gasteiger partial charge in [0.25, 0.3) is 0 Å². The molecule has 3 nitrogen and oxygen atoms in total. The SMILES string of the molecule is CCc1c(N)noc1C1CCC(C)CC1. The van der Waals surface area contributed by atoms with Crippen molar-refractivity contribution in [3.05, 3.63) is 11.3 Å². The van der Waals surface area contributed by atoms with Crippen LogP contribution in [0.1, 0.15) is 56.8 Å². The zero-order valence-electron chi connectivity index (χ0n) is 9.62. The van der Waals surface area contributed by atoms with Gasteiger partial charge in [0.05, 0.1) is 0 Å². The lowest BCUT2D eigenvalue weighted by Crippen LogP contribution is -2.11. The molecule has 15 heavy (non-hydrogen) atoms. The average molecular weight is 208 g/mol. The molecule has 0 amide bonds. The maximum Gasteiger partial charge on any atom is 0.170 e. The highest BCUT2D eigenvalue weighted by molar-refractivity contribution is 5.41. The van der Waals surface area contributed by atoms with Crippen LogP contribution in [0.3, 0.4) is 0 Å². The highest BCUT2D eigenvalue weighted by atomic mass is 16.5. The van der Waals surface area contributed by atoms with Crippen molar-refractivity contribution < 1.29 is 4.52 Å². The van der Waals surface area contributed by atoms with E-state index in [1.54, 1.807) is 0 Å². The van der Waals surface area contributed by atoms with Crippen molar-refractivity contribution in [3.8, 4) is 0 Å². The van der Waals surface area contributed by atoms with Gasteiger partial charge in [0.1, 0.15) is 5.76 Å². The molecule has 1 fully saturated rings. The highest BCUT2D eigenvalue weighted by Gasteiger charge is 2.26. The summed E-state index contributed by atoms with van der Waals surface area (Å²) in [5, 5.41) is 3.88. The molecule has 1 aliphatic rings. The predicted molar refractivity (Wildman–Crippen MR) is 60.7 cm³/mol. The van der Waals surface area contributed by atoms with Crippen LogP contribution in [-0.4, -0.2) is 5.16 Å². The first kappa shape index (κ1) is 10.5. The Kier molecular flexibility index (Phi) is 2.98. The normalized spacial score (nSPS) is 26.8. The Bertz CT molecular complexity index is 324. The van der Waals surface area contributed by atoms with Crippen molar-refractivity contribution >= 4 is 5.82 Å². The molecule has 0 aliphatic heterocycles. The third-order valence-electron chi connectivity index (χ3n) is 3.59. The first-order chi connectivity index (χ1) is 7.22.